The van der Waals surface area contributed by atoms with Gasteiger partial charge in [0, 0.05) is 23.2 Å². The third kappa shape index (κ3) is 3.98. The van der Waals surface area contributed by atoms with Crippen molar-refractivity contribution in [1.82, 2.24) is 4.90 Å². The summed E-state index contributed by atoms with van der Waals surface area (Å²) >= 11 is 6.10. The molecule has 3 nitrogen and oxygen atoms in total. The highest BCUT2D eigenvalue weighted by atomic mass is 35.5. The van der Waals surface area contributed by atoms with E-state index in [9.17, 15) is 9.90 Å². The molecule has 0 amide bonds. The van der Waals surface area contributed by atoms with Crippen molar-refractivity contribution in [2.24, 2.45) is 0 Å². The van der Waals surface area contributed by atoms with Crippen LogP contribution in [0.15, 0.2) is 12.1 Å². The maximum absolute atomic E-state index is 11.6. The number of benzene rings is 1. The van der Waals surface area contributed by atoms with Gasteiger partial charge in [-0.15, -0.1) is 0 Å². The Balaban J connectivity index is 2.27. The molecule has 1 N–H and O–H groups in total. The Morgan fingerprint density at radius 1 is 1.38 bits per heavy atom. The molecule has 1 aromatic rings. The molecule has 4 heteroatoms. The zero-order valence-corrected chi connectivity index (χ0v) is 13.6. The number of aromatic hydroxyl groups is 1. The fourth-order valence-corrected chi connectivity index (χ4v) is 3.41. The summed E-state index contributed by atoms with van der Waals surface area (Å²) in [6.45, 7) is 5.36. The Labute approximate surface area is 131 Å². The Morgan fingerprint density at radius 3 is 2.81 bits per heavy atom. The summed E-state index contributed by atoms with van der Waals surface area (Å²) < 4.78 is 0. The molecule has 0 saturated carbocycles. The van der Waals surface area contributed by atoms with Gasteiger partial charge in [-0.3, -0.25) is 9.69 Å². The van der Waals surface area contributed by atoms with Crippen LogP contribution < -0.4 is 0 Å². The molecule has 1 heterocycles. The fourth-order valence-electron chi connectivity index (χ4n) is 3.17. The van der Waals surface area contributed by atoms with Crippen molar-refractivity contribution >= 4 is 17.4 Å². The minimum atomic E-state index is -0.154. The maximum Gasteiger partial charge on any atom is 0.163 e. The molecule has 1 atom stereocenters. The van der Waals surface area contributed by atoms with Gasteiger partial charge in [-0.25, -0.2) is 0 Å². The van der Waals surface area contributed by atoms with E-state index in [0.717, 1.165) is 18.5 Å². The number of hydrogen-bond acceptors (Lipinski definition) is 3. The van der Waals surface area contributed by atoms with Gasteiger partial charge in [-0.2, -0.15) is 0 Å². The van der Waals surface area contributed by atoms with Crippen LogP contribution in [-0.4, -0.2) is 28.4 Å². The van der Waals surface area contributed by atoms with Crippen molar-refractivity contribution in [2.75, 3.05) is 6.54 Å². The summed E-state index contributed by atoms with van der Waals surface area (Å²) in [7, 11) is 0. The molecule has 0 aliphatic carbocycles. The molecule has 1 unspecified atom stereocenters. The number of phenolic OH excluding ortho intramolecular Hbond substituents is 1. The third-order valence-electron chi connectivity index (χ3n) is 4.38. The summed E-state index contributed by atoms with van der Waals surface area (Å²) in [4.78, 5) is 14.0. The lowest BCUT2D eigenvalue weighted by Crippen LogP contribution is -2.33. The van der Waals surface area contributed by atoms with E-state index < -0.39 is 0 Å². The Hall–Kier alpha value is -1.06. The highest BCUT2D eigenvalue weighted by Gasteiger charge is 2.22. The van der Waals surface area contributed by atoms with Gasteiger partial charge in [0.25, 0.3) is 0 Å². The monoisotopic (exact) mass is 309 g/mol. The summed E-state index contributed by atoms with van der Waals surface area (Å²) in [5.41, 5.74) is 1.08. The molecule has 0 radical (unpaired) electrons. The van der Waals surface area contributed by atoms with Gasteiger partial charge in [0.05, 0.1) is 5.56 Å². The first-order chi connectivity index (χ1) is 10.0. The van der Waals surface area contributed by atoms with Crippen LogP contribution in [0, 0.1) is 0 Å². The van der Waals surface area contributed by atoms with Gasteiger partial charge in [0.2, 0.25) is 0 Å². The zero-order chi connectivity index (χ0) is 15.4. The molecule has 21 heavy (non-hydrogen) atoms. The van der Waals surface area contributed by atoms with E-state index in [4.69, 9.17) is 11.6 Å². The van der Waals surface area contributed by atoms with Crippen LogP contribution in [0.5, 0.6) is 5.75 Å². The quantitative estimate of drug-likeness (QED) is 0.838. The molecule has 1 aromatic carbocycles. The SMILES string of the molecule is CCC1CCCCCN1Cc1cc(Cl)cc(C(C)=O)c1O. The first kappa shape index (κ1) is 16.3. The zero-order valence-electron chi connectivity index (χ0n) is 12.9. The number of Topliss-reactive ketones (excluding diaryl/α,β-unsaturated/α-hetero) is 1. The highest BCUT2D eigenvalue weighted by molar-refractivity contribution is 6.31. The number of phenols is 1. The first-order valence-electron chi connectivity index (χ1n) is 7.79. The summed E-state index contributed by atoms with van der Waals surface area (Å²) in [6.07, 6.45) is 6.05. The van der Waals surface area contributed by atoms with Gasteiger partial charge in [0.1, 0.15) is 5.75 Å². The van der Waals surface area contributed by atoms with E-state index >= 15 is 0 Å². The molecule has 0 aromatic heterocycles. The second kappa shape index (κ2) is 7.28. The van der Waals surface area contributed by atoms with Crippen LogP contribution in [0.3, 0.4) is 0 Å². The third-order valence-corrected chi connectivity index (χ3v) is 4.59. The minimum Gasteiger partial charge on any atom is -0.507 e. The molecule has 0 spiro atoms. The second-order valence-corrected chi connectivity index (χ2v) is 6.34. The predicted molar refractivity (Wildman–Crippen MR) is 86.1 cm³/mol. The second-order valence-electron chi connectivity index (χ2n) is 5.90. The molecule has 1 fully saturated rings. The van der Waals surface area contributed by atoms with E-state index in [2.05, 4.69) is 11.8 Å². The Kier molecular flexibility index (Phi) is 5.65. The molecule has 2 rings (SSSR count). The van der Waals surface area contributed by atoms with Crippen molar-refractivity contribution in [1.29, 1.82) is 0 Å². The maximum atomic E-state index is 11.6. The van der Waals surface area contributed by atoms with Crippen LogP contribution in [0.4, 0.5) is 0 Å². The fraction of sp³-hybridized carbons (Fsp3) is 0.588. The van der Waals surface area contributed by atoms with Crippen molar-refractivity contribution in [3.8, 4) is 5.75 Å². The van der Waals surface area contributed by atoms with Crippen molar-refractivity contribution in [3.63, 3.8) is 0 Å². The van der Waals surface area contributed by atoms with E-state index in [1.54, 1.807) is 12.1 Å². The number of halogens is 1. The van der Waals surface area contributed by atoms with Gasteiger partial charge in [-0.1, -0.05) is 31.4 Å². The van der Waals surface area contributed by atoms with Gasteiger partial charge >= 0.3 is 0 Å². The summed E-state index contributed by atoms with van der Waals surface area (Å²) in [5.74, 6) is -0.0647. The van der Waals surface area contributed by atoms with Crippen LogP contribution in [0.2, 0.25) is 5.02 Å². The average Bonchev–Trinajstić information content (AvgIpc) is 2.67. The van der Waals surface area contributed by atoms with Crippen LogP contribution >= 0.6 is 11.6 Å². The number of ketones is 1. The lowest BCUT2D eigenvalue weighted by molar-refractivity contribution is 0.101. The number of rotatable bonds is 4. The van der Waals surface area contributed by atoms with Crippen LogP contribution in [0.25, 0.3) is 0 Å². The normalized spacial score (nSPS) is 20.2. The van der Waals surface area contributed by atoms with Crippen molar-refractivity contribution < 1.29 is 9.90 Å². The number of carbonyl (C=O) groups is 1. The van der Waals surface area contributed by atoms with Gasteiger partial charge in [-0.05, 0) is 44.9 Å². The predicted octanol–water partition coefficient (Wildman–Crippen LogP) is 4.40. The smallest absolute Gasteiger partial charge is 0.163 e. The summed E-state index contributed by atoms with van der Waals surface area (Å²) in [6, 6.07) is 3.87. The Morgan fingerprint density at radius 2 is 2.14 bits per heavy atom. The average molecular weight is 310 g/mol. The molecule has 0 bridgehead atoms. The van der Waals surface area contributed by atoms with Crippen molar-refractivity contribution in [2.45, 2.75) is 58.5 Å². The lowest BCUT2D eigenvalue weighted by atomic mass is 10.0. The van der Waals surface area contributed by atoms with E-state index in [0.29, 0.717) is 23.2 Å². The standard InChI is InChI=1S/C17H24ClNO2/c1-3-15-7-5-4-6-8-19(15)11-13-9-14(18)10-16(12(2)20)17(13)21/h9-10,15,21H,3-8,11H2,1-2H3. The van der Waals surface area contributed by atoms with Gasteiger partial charge < -0.3 is 5.11 Å². The first-order valence-corrected chi connectivity index (χ1v) is 8.17. The lowest BCUT2D eigenvalue weighted by Gasteiger charge is -2.29. The number of nitrogens with zero attached hydrogens (tertiary/aromatic N) is 1. The van der Waals surface area contributed by atoms with E-state index in [1.165, 1.54) is 32.6 Å². The molecular formula is C17H24ClNO2. The van der Waals surface area contributed by atoms with Crippen molar-refractivity contribution in [3.05, 3.63) is 28.3 Å². The van der Waals surface area contributed by atoms with Crippen LogP contribution in [-0.2, 0) is 6.54 Å². The van der Waals surface area contributed by atoms with E-state index in [-0.39, 0.29) is 11.5 Å². The van der Waals surface area contributed by atoms with Gasteiger partial charge in [0.15, 0.2) is 5.78 Å². The summed E-state index contributed by atoms with van der Waals surface area (Å²) in [5, 5.41) is 10.8. The van der Waals surface area contributed by atoms with E-state index in [1.807, 2.05) is 0 Å². The molecule has 1 aliphatic heterocycles. The molecular weight excluding hydrogens is 286 g/mol. The molecule has 1 saturated heterocycles. The number of likely N-dealkylation sites (tertiary alicyclic amines) is 1. The number of hydrogen-bond donors (Lipinski definition) is 1. The molecule has 1 aliphatic rings. The molecule has 116 valence electrons. The topological polar surface area (TPSA) is 40.5 Å². The highest BCUT2D eigenvalue weighted by Crippen LogP contribution is 2.30. The Bertz CT molecular complexity index is 516. The van der Waals surface area contributed by atoms with Crippen LogP contribution in [0.1, 0.15) is 61.9 Å². The largest absolute Gasteiger partial charge is 0.507 e. The minimum absolute atomic E-state index is 0.0889. The number of carbonyl (C=O) groups excluding carboxylic acids is 1.